The largest absolute Gasteiger partial charge is 0.396 e. The molecule has 0 heterocycles. The molecule has 2 heteroatoms. The van der Waals surface area contributed by atoms with Gasteiger partial charge in [-0.15, -0.1) is 0 Å². The first kappa shape index (κ1) is 8.92. The Labute approximate surface area is 57.1 Å². The molecule has 0 bridgehead atoms. The SMILES string of the molecule is C[C@@H](CO)CC[C@@H](C)N. The summed E-state index contributed by atoms with van der Waals surface area (Å²) in [7, 11) is 0. The van der Waals surface area contributed by atoms with Gasteiger partial charge >= 0.3 is 0 Å². The Morgan fingerprint density at radius 1 is 1.33 bits per heavy atom. The molecule has 0 aromatic heterocycles. The predicted molar refractivity (Wildman–Crippen MR) is 39.1 cm³/mol. The van der Waals surface area contributed by atoms with Crippen LogP contribution in [0.1, 0.15) is 26.7 Å². The maximum absolute atomic E-state index is 8.61. The summed E-state index contributed by atoms with van der Waals surface area (Å²) in [5.74, 6) is 0.413. The molecule has 9 heavy (non-hydrogen) atoms. The van der Waals surface area contributed by atoms with Crippen LogP contribution in [0.3, 0.4) is 0 Å². The van der Waals surface area contributed by atoms with Crippen LogP contribution in [-0.4, -0.2) is 17.8 Å². The number of aliphatic hydroxyl groups is 1. The Kier molecular flexibility index (Phi) is 4.72. The van der Waals surface area contributed by atoms with Crippen molar-refractivity contribution in [2.24, 2.45) is 11.7 Å². The average Bonchev–Trinajstić information content (AvgIpc) is 1.83. The Balaban J connectivity index is 3.06. The number of nitrogens with two attached hydrogens (primary N) is 1. The van der Waals surface area contributed by atoms with Crippen LogP contribution in [0.15, 0.2) is 0 Å². The lowest BCUT2D eigenvalue weighted by molar-refractivity contribution is 0.226. The molecule has 0 saturated heterocycles. The van der Waals surface area contributed by atoms with Gasteiger partial charge in [-0.25, -0.2) is 0 Å². The third-order valence-corrected chi connectivity index (χ3v) is 1.43. The molecule has 0 saturated carbocycles. The smallest absolute Gasteiger partial charge is 0.0456 e. The summed E-state index contributed by atoms with van der Waals surface area (Å²) in [4.78, 5) is 0. The molecule has 0 aromatic rings. The predicted octanol–water partition coefficient (Wildman–Crippen LogP) is 0.742. The van der Waals surface area contributed by atoms with Crippen LogP contribution in [0.2, 0.25) is 0 Å². The van der Waals surface area contributed by atoms with E-state index in [4.69, 9.17) is 10.8 Å². The molecular formula is C7H17NO. The van der Waals surface area contributed by atoms with Crippen molar-refractivity contribution < 1.29 is 5.11 Å². The number of rotatable bonds is 4. The van der Waals surface area contributed by atoms with Crippen LogP contribution in [-0.2, 0) is 0 Å². The van der Waals surface area contributed by atoms with Crippen molar-refractivity contribution >= 4 is 0 Å². The van der Waals surface area contributed by atoms with Crippen LogP contribution in [0.5, 0.6) is 0 Å². The van der Waals surface area contributed by atoms with E-state index in [1.54, 1.807) is 0 Å². The van der Waals surface area contributed by atoms with Crippen LogP contribution >= 0.6 is 0 Å². The van der Waals surface area contributed by atoms with Gasteiger partial charge in [0.05, 0.1) is 0 Å². The van der Waals surface area contributed by atoms with Gasteiger partial charge in [-0.05, 0) is 25.7 Å². The molecule has 0 aliphatic carbocycles. The Bertz CT molecular complexity index is 63.9. The monoisotopic (exact) mass is 131 g/mol. The summed E-state index contributed by atoms with van der Waals surface area (Å²) in [6.07, 6.45) is 2.05. The van der Waals surface area contributed by atoms with Crippen molar-refractivity contribution in [2.75, 3.05) is 6.61 Å². The zero-order valence-electron chi connectivity index (χ0n) is 6.30. The van der Waals surface area contributed by atoms with Crippen molar-refractivity contribution in [3.63, 3.8) is 0 Å². The first-order chi connectivity index (χ1) is 4.16. The van der Waals surface area contributed by atoms with Gasteiger partial charge < -0.3 is 10.8 Å². The van der Waals surface area contributed by atoms with Crippen molar-refractivity contribution in [3.8, 4) is 0 Å². The fraction of sp³-hybridized carbons (Fsp3) is 1.00. The molecule has 2 atom stereocenters. The molecule has 0 unspecified atom stereocenters. The topological polar surface area (TPSA) is 46.2 Å². The zero-order chi connectivity index (χ0) is 7.28. The highest BCUT2D eigenvalue weighted by Crippen LogP contribution is 2.04. The number of hydrogen-bond donors (Lipinski definition) is 2. The molecule has 0 spiro atoms. The molecule has 0 radical (unpaired) electrons. The second kappa shape index (κ2) is 4.77. The van der Waals surface area contributed by atoms with Gasteiger partial charge in [-0.1, -0.05) is 6.92 Å². The van der Waals surface area contributed by atoms with Crippen molar-refractivity contribution in [1.82, 2.24) is 0 Å². The minimum atomic E-state index is 0.277. The maximum atomic E-state index is 8.61. The molecular weight excluding hydrogens is 114 g/mol. The third-order valence-electron chi connectivity index (χ3n) is 1.43. The number of aliphatic hydroxyl groups excluding tert-OH is 1. The highest BCUT2D eigenvalue weighted by atomic mass is 16.3. The van der Waals surface area contributed by atoms with Gasteiger partial charge in [-0.2, -0.15) is 0 Å². The molecule has 0 rings (SSSR count). The van der Waals surface area contributed by atoms with Gasteiger partial charge in [0.25, 0.3) is 0 Å². The van der Waals surface area contributed by atoms with Crippen molar-refractivity contribution in [2.45, 2.75) is 32.7 Å². The van der Waals surface area contributed by atoms with Crippen LogP contribution < -0.4 is 5.73 Å². The van der Waals surface area contributed by atoms with E-state index in [2.05, 4.69) is 0 Å². The minimum Gasteiger partial charge on any atom is -0.396 e. The summed E-state index contributed by atoms with van der Waals surface area (Å²) in [6, 6.07) is 0.277. The Hall–Kier alpha value is -0.0800. The van der Waals surface area contributed by atoms with E-state index < -0.39 is 0 Å². The highest BCUT2D eigenvalue weighted by Gasteiger charge is 2.00. The van der Waals surface area contributed by atoms with Gasteiger partial charge in [0.15, 0.2) is 0 Å². The summed E-state index contributed by atoms with van der Waals surface area (Å²) in [5.41, 5.74) is 5.51. The third kappa shape index (κ3) is 5.80. The Morgan fingerprint density at radius 2 is 1.89 bits per heavy atom. The van der Waals surface area contributed by atoms with E-state index in [-0.39, 0.29) is 12.6 Å². The molecule has 56 valence electrons. The standard InChI is InChI=1S/C7H17NO/c1-6(5-9)3-4-7(2)8/h6-7,9H,3-5,8H2,1-2H3/t6-,7-/m1/s1. The summed E-state index contributed by atoms with van der Waals surface area (Å²) in [5, 5.41) is 8.61. The molecule has 0 aliphatic heterocycles. The fourth-order valence-corrected chi connectivity index (χ4v) is 0.639. The van der Waals surface area contributed by atoms with E-state index in [0.717, 1.165) is 12.8 Å². The van der Waals surface area contributed by atoms with Gasteiger partial charge in [0, 0.05) is 12.6 Å². The quantitative estimate of drug-likeness (QED) is 0.591. The lowest BCUT2D eigenvalue weighted by Gasteiger charge is -2.08. The van der Waals surface area contributed by atoms with E-state index in [1.807, 2.05) is 13.8 Å². The van der Waals surface area contributed by atoms with Crippen molar-refractivity contribution in [3.05, 3.63) is 0 Å². The minimum absolute atomic E-state index is 0.277. The van der Waals surface area contributed by atoms with Crippen LogP contribution in [0.25, 0.3) is 0 Å². The Morgan fingerprint density at radius 3 is 2.22 bits per heavy atom. The fourth-order valence-electron chi connectivity index (χ4n) is 0.639. The molecule has 3 N–H and O–H groups in total. The second-order valence-electron chi connectivity index (χ2n) is 2.84. The van der Waals surface area contributed by atoms with Crippen molar-refractivity contribution in [1.29, 1.82) is 0 Å². The molecule has 2 nitrogen and oxygen atoms in total. The molecule has 0 aromatic carbocycles. The number of hydrogen-bond acceptors (Lipinski definition) is 2. The van der Waals surface area contributed by atoms with E-state index in [9.17, 15) is 0 Å². The summed E-state index contributed by atoms with van der Waals surface area (Å²) < 4.78 is 0. The van der Waals surface area contributed by atoms with Gasteiger partial charge in [0.1, 0.15) is 0 Å². The second-order valence-corrected chi connectivity index (χ2v) is 2.84. The lowest BCUT2D eigenvalue weighted by atomic mass is 10.0. The van der Waals surface area contributed by atoms with E-state index >= 15 is 0 Å². The summed E-state index contributed by atoms with van der Waals surface area (Å²) in [6.45, 7) is 4.30. The molecule has 0 fully saturated rings. The molecule has 0 amide bonds. The molecule has 0 aliphatic rings. The van der Waals surface area contributed by atoms with Gasteiger partial charge in [0.2, 0.25) is 0 Å². The normalized spacial score (nSPS) is 17.3. The first-order valence-electron chi connectivity index (χ1n) is 3.53. The average molecular weight is 131 g/mol. The maximum Gasteiger partial charge on any atom is 0.0456 e. The summed E-state index contributed by atoms with van der Waals surface area (Å²) >= 11 is 0. The van der Waals surface area contributed by atoms with Crippen LogP contribution in [0.4, 0.5) is 0 Å². The highest BCUT2D eigenvalue weighted by molar-refractivity contribution is 4.56. The van der Waals surface area contributed by atoms with Gasteiger partial charge in [-0.3, -0.25) is 0 Å². The zero-order valence-corrected chi connectivity index (χ0v) is 6.30. The van der Waals surface area contributed by atoms with E-state index in [1.165, 1.54) is 0 Å². The lowest BCUT2D eigenvalue weighted by Crippen LogP contribution is -2.16. The van der Waals surface area contributed by atoms with E-state index in [0.29, 0.717) is 5.92 Å². The first-order valence-corrected chi connectivity index (χ1v) is 3.53. The van der Waals surface area contributed by atoms with Crippen LogP contribution in [0, 0.1) is 5.92 Å².